The van der Waals surface area contributed by atoms with Gasteiger partial charge in [0.15, 0.2) is 11.5 Å². The summed E-state index contributed by atoms with van der Waals surface area (Å²) in [5.74, 6) is -2.75. The Hall–Kier alpha value is -5.30. The molecule has 1 spiro atoms. The van der Waals surface area contributed by atoms with Crippen LogP contribution >= 0.6 is 0 Å². The van der Waals surface area contributed by atoms with Crippen LogP contribution in [-0.4, -0.2) is 28.4 Å². The third-order valence-electron chi connectivity index (χ3n) is 8.92. The highest BCUT2D eigenvalue weighted by atomic mass is 19.1. The van der Waals surface area contributed by atoms with E-state index in [0.717, 1.165) is 16.5 Å². The fourth-order valence-electron chi connectivity index (χ4n) is 7.21. The molecule has 4 heterocycles. The summed E-state index contributed by atoms with van der Waals surface area (Å²) < 4.78 is 20.0. The molecule has 5 aromatic rings. The highest BCUT2D eigenvalue weighted by molar-refractivity contribution is 6.16. The van der Waals surface area contributed by atoms with Gasteiger partial charge in [0, 0.05) is 22.8 Å². The lowest BCUT2D eigenvalue weighted by Gasteiger charge is -2.38. The fourth-order valence-corrected chi connectivity index (χ4v) is 7.21. The van der Waals surface area contributed by atoms with Crippen molar-refractivity contribution in [3.05, 3.63) is 143 Å². The summed E-state index contributed by atoms with van der Waals surface area (Å²) in [5.41, 5.74) is 2.31. The number of hydrogen-bond donors (Lipinski definition) is 1. The fraction of sp³-hybridized carbons (Fsp3) is 0.114. The van der Waals surface area contributed by atoms with Crippen molar-refractivity contribution in [2.45, 2.75) is 17.5 Å². The number of rotatable bonds is 4. The molecule has 42 heavy (non-hydrogen) atoms. The molecule has 3 aliphatic heterocycles. The molecule has 8 rings (SSSR count). The van der Waals surface area contributed by atoms with Crippen LogP contribution in [-0.2, 0) is 10.2 Å². The van der Waals surface area contributed by atoms with Crippen molar-refractivity contribution in [3.8, 4) is 0 Å². The molecule has 0 unspecified atom stereocenters. The topological polar surface area (TPSA) is 79.6 Å². The van der Waals surface area contributed by atoms with Gasteiger partial charge in [0.05, 0.1) is 12.0 Å². The number of halogens is 1. The van der Waals surface area contributed by atoms with Gasteiger partial charge in [-0.25, -0.2) is 4.39 Å². The van der Waals surface area contributed by atoms with Crippen LogP contribution in [0.4, 0.5) is 10.1 Å². The summed E-state index contributed by atoms with van der Waals surface area (Å²) in [6, 6.07) is 27.6. The first-order valence-corrected chi connectivity index (χ1v) is 13.8. The summed E-state index contributed by atoms with van der Waals surface area (Å²) in [6.07, 6.45) is 3.71. The molecule has 0 aliphatic carbocycles. The Labute approximate surface area is 240 Å². The first kappa shape index (κ1) is 24.5. The summed E-state index contributed by atoms with van der Waals surface area (Å²) in [4.78, 5) is 45.7. The Kier molecular flexibility index (Phi) is 5.16. The lowest BCUT2D eigenvalue weighted by atomic mass is 9.63. The normalized spacial score (nSPS) is 23.5. The number of benzene rings is 4. The third kappa shape index (κ3) is 3.22. The average molecular weight is 555 g/mol. The Morgan fingerprint density at radius 3 is 2.43 bits per heavy atom. The van der Waals surface area contributed by atoms with Gasteiger partial charge in [-0.3, -0.25) is 14.4 Å². The van der Waals surface area contributed by atoms with Gasteiger partial charge in [-0.05, 0) is 65.2 Å². The van der Waals surface area contributed by atoms with Crippen molar-refractivity contribution in [1.29, 1.82) is 0 Å². The number of fused-ring (bicyclic) bond motifs is 7. The zero-order chi connectivity index (χ0) is 28.6. The second kappa shape index (κ2) is 8.85. The molecule has 204 valence electrons. The first-order valence-electron chi connectivity index (χ1n) is 13.8. The van der Waals surface area contributed by atoms with Crippen LogP contribution in [0.5, 0.6) is 0 Å². The largest absolute Gasteiger partial charge is 0.453 e. The summed E-state index contributed by atoms with van der Waals surface area (Å²) in [7, 11) is 0. The van der Waals surface area contributed by atoms with Crippen LogP contribution in [0.25, 0.3) is 17.0 Å². The molecule has 0 saturated carbocycles. The van der Waals surface area contributed by atoms with Gasteiger partial charge < -0.3 is 14.6 Å². The molecule has 1 fully saturated rings. The number of ketones is 2. The maximum Gasteiger partial charge on any atom is 0.238 e. The van der Waals surface area contributed by atoms with Crippen molar-refractivity contribution in [2.75, 3.05) is 5.32 Å². The molecular weight excluding hydrogens is 531 g/mol. The Balaban J connectivity index is 1.43. The molecule has 1 N–H and O–H groups in total. The van der Waals surface area contributed by atoms with Gasteiger partial charge in [0.1, 0.15) is 22.9 Å². The monoisotopic (exact) mass is 554 g/mol. The second-order valence-corrected chi connectivity index (χ2v) is 11.0. The van der Waals surface area contributed by atoms with Gasteiger partial charge in [0.25, 0.3) is 0 Å². The molecule has 1 saturated heterocycles. The number of nitrogens with one attached hydrogen (secondary N) is 1. The highest BCUT2D eigenvalue weighted by Gasteiger charge is 2.71. The minimum atomic E-state index is -1.46. The van der Waals surface area contributed by atoms with Crippen molar-refractivity contribution >= 4 is 40.2 Å². The number of para-hydroxylation sites is 2. The van der Waals surface area contributed by atoms with Gasteiger partial charge in [-0.1, -0.05) is 60.7 Å². The van der Waals surface area contributed by atoms with Crippen molar-refractivity contribution in [3.63, 3.8) is 0 Å². The minimum Gasteiger partial charge on any atom is -0.453 e. The summed E-state index contributed by atoms with van der Waals surface area (Å²) in [5, 5.41) is 3.77. The molecule has 0 bridgehead atoms. The predicted molar refractivity (Wildman–Crippen MR) is 155 cm³/mol. The molecule has 1 aromatic heterocycles. The molecule has 1 amide bonds. The van der Waals surface area contributed by atoms with E-state index in [9.17, 15) is 18.8 Å². The number of hydrogen-bond acceptors (Lipinski definition) is 5. The quantitative estimate of drug-likeness (QED) is 0.255. The van der Waals surface area contributed by atoms with E-state index in [1.54, 1.807) is 18.3 Å². The zero-order valence-electron chi connectivity index (χ0n) is 22.2. The molecule has 3 aliphatic rings. The van der Waals surface area contributed by atoms with Crippen LogP contribution < -0.4 is 5.32 Å². The zero-order valence-corrected chi connectivity index (χ0v) is 22.2. The molecule has 4 atom stereocenters. The van der Waals surface area contributed by atoms with Crippen LogP contribution in [0, 0.1) is 11.7 Å². The van der Waals surface area contributed by atoms with E-state index in [4.69, 9.17) is 4.42 Å². The minimum absolute atomic E-state index is 0.0757. The molecule has 4 aromatic carbocycles. The van der Waals surface area contributed by atoms with E-state index >= 15 is 0 Å². The molecule has 7 heteroatoms. The SMILES string of the molecule is O=C(c1ccc(F)cc1)[C@@H]1[C@H](C(=O)c2cc3ccccc3o2)[C@@]2(C(=O)Nc3ccccc32)[C@@H]2c3ccccc3C=CN12. The third-order valence-corrected chi connectivity index (χ3v) is 8.92. The number of anilines is 1. The van der Waals surface area contributed by atoms with E-state index in [1.807, 2.05) is 77.7 Å². The first-order chi connectivity index (χ1) is 20.5. The highest BCUT2D eigenvalue weighted by Crippen LogP contribution is 2.62. The number of carbonyl (C=O) groups excluding carboxylic acids is 3. The van der Waals surface area contributed by atoms with Crippen molar-refractivity contribution in [1.82, 2.24) is 4.90 Å². The maximum atomic E-state index is 14.9. The smallest absolute Gasteiger partial charge is 0.238 e. The Morgan fingerprint density at radius 2 is 1.60 bits per heavy atom. The number of Topliss-reactive ketones (excluding diaryl/α,β-unsaturated/α-hetero) is 2. The van der Waals surface area contributed by atoms with Gasteiger partial charge in [-0.2, -0.15) is 0 Å². The van der Waals surface area contributed by atoms with Crippen LogP contribution in [0.1, 0.15) is 43.6 Å². The number of carbonyl (C=O) groups is 3. The van der Waals surface area contributed by atoms with Crippen molar-refractivity contribution in [2.24, 2.45) is 5.92 Å². The lowest BCUT2D eigenvalue weighted by molar-refractivity contribution is -0.122. The standard InChI is InChI=1S/C35H23FN2O4/c36-23-15-13-21(14-16-23)31(39)30-29(32(40)28-19-22-8-2-6-12-27(22)42-28)35(25-10-4-5-11-26(25)37-34(35)41)33-24-9-3-1-7-20(24)17-18-38(30)33/h1-19,29-30,33H,(H,37,41)/t29-,30+,33+,35-/m1/s1. The number of nitrogens with zero attached hydrogens (tertiary/aromatic N) is 1. The molecular formula is C35H23FN2O4. The van der Waals surface area contributed by atoms with Crippen LogP contribution in [0.2, 0.25) is 0 Å². The Bertz CT molecular complexity index is 1940. The number of amides is 1. The molecule has 0 radical (unpaired) electrons. The summed E-state index contributed by atoms with van der Waals surface area (Å²) in [6.45, 7) is 0. The van der Waals surface area contributed by atoms with Gasteiger partial charge in [0.2, 0.25) is 11.7 Å². The van der Waals surface area contributed by atoms with Gasteiger partial charge >= 0.3 is 0 Å². The van der Waals surface area contributed by atoms with E-state index in [0.29, 0.717) is 16.8 Å². The summed E-state index contributed by atoms with van der Waals surface area (Å²) >= 11 is 0. The molecule has 6 nitrogen and oxygen atoms in total. The average Bonchev–Trinajstić information content (AvgIpc) is 3.68. The van der Waals surface area contributed by atoms with Crippen molar-refractivity contribution < 1.29 is 23.2 Å². The lowest BCUT2D eigenvalue weighted by Crippen LogP contribution is -2.49. The second-order valence-electron chi connectivity index (χ2n) is 11.0. The maximum absolute atomic E-state index is 14.9. The van der Waals surface area contributed by atoms with E-state index in [-0.39, 0.29) is 23.0 Å². The van der Waals surface area contributed by atoms with Gasteiger partial charge in [-0.15, -0.1) is 0 Å². The van der Waals surface area contributed by atoms with E-state index in [2.05, 4.69) is 5.32 Å². The number of furan rings is 1. The van der Waals surface area contributed by atoms with Crippen LogP contribution in [0.3, 0.4) is 0 Å². The predicted octanol–water partition coefficient (Wildman–Crippen LogP) is 6.55. The Morgan fingerprint density at radius 1 is 0.857 bits per heavy atom. The van der Waals surface area contributed by atoms with E-state index < -0.39 is 35.0 Å². The van der Waals surface area contributed by atoms with E-state index in [1.165, 1.54) is 24.3 Å². The van der Waals surface area contributed by atoms with Crippen LogP contribution in [0.15, 0.2) is 114 Å².